The van der Waals surface area contributed by atoms with E-state index in [-0.39, 0.29) is 18.0 Å². The summed E-state index contributed by atoms with van der Waals surface area (Å²) in [6.07, 6.45) is 3.33. The summed E-state index contributed by atoms with van der Waals surface area (Å²) >= 11 is 0. The first-order valence-corrected chi connectivity index (χ1v) is 7.11. The molecule has 0 saturated carbocycles. The maximum absolute atomic E-state index is 12.8. The molecule has 1 saturated heterocycles. The standard InChI is InChI=1S/C16H24N2O/c1-12-8-7-9-13(2)18(12)15(19)16(3,17)14-10-5-4-6-11-14/h4-6,10-13H,7-9,17H2,1-3H3/t12-,13+,16?. The van der Waals surface area contributed by atoms with Gasteiger partial charge in [-0.3, -0.25) is 4.79 Å². The second kappa shape index (κ2) is 5.33. The molecular formula is C16H24N2O. The molecule has 0 radical (unpaired) electrons. The summed E-state index contributed by atoms with van der Waals surface area (Å²) < 4.78 is 0. The number of hydrogen-bond donors (Lipinski definition) is 1. The molecule has 2 rings (SSSR count). The second-order valence-electron chi connectivity index (χ2n) is 5.91. The van der Waals surface area contributed by atoms with Crippen molar-refractivity contribution >= 4 is 5.91 Å². The lowest BCUT2D eigenvalue weighted by molar-refractivity contribution is -0.143. The van der Waals surface area contributed by atoms with E-state index in [1.165, 1.54) is 6.42 Å². The third-order valence-electron chi connectivity index (χ3n) is 4.25. The third-order valence-corrected chi connectivity index (χ3v) is 4.25. The van der Waals surface area contributed by atoms with E-state index in [1.807, 2.05) is 42.2 Å². The predicted octanol–water partition coefficient (Wildman–Crippen LogP) is 2.65. The van der Waals surface area contributed by atoms with E-state index in [0.717, 1.165) is 18.4 Å². The number of benzene rings is 1. The number of piperidine rings is 1. The number of amides is 1. The SMILES string of the molecule is C[C@@H]1CCC[C@H](C)N1C(=O)C(C)(N)c1ccccc1. The van der Waals surface area contributed by atoms with Gasteiger partial charge in [0.05, 0.1) is 0 Å². The minimum atomic E-state index is -0.943. The van der Waals surface area contributed by atoms with Crippen LogP contribution < -0.4 is 5.73 Å². The van der Waals surface area contributed by atoms with Crippen LogP contribution in [0.25, 0.3) is 0 Å². The van der Waals surface area contributed by atoms with Crippen molar-refractivity contribution in [3.05, 3.63) is 35.9 Å². The van der Waals surface area contributed by atoms with Crippen molar-refractivity contribution in [2.75, 3.05) is 0 Å². The quantitative estimate of drug-likeness (QED) is 0.888. The first kappa shape index (κ1) is 14.1. The first-order valence-electron chi connectivity index (χ1n) is 7.11. The van der Waals surface area contributed by atoms with Crippen LogP contribution in [-0.2, 0) is 10.3 Å². The van der Waals surface area contributed by atoms with Crippen molar-refractivity contribution in [2.45, 2.75) is 57.7 Å². The van der Waals surface area contributed by atoms with Gasteiger partial charge in [0.15, 0.2) is 0 Å². The Morgan fingerprint density at radius 1 is 1.21 bits per heavy atom. The molecule has 1 aromatic carbocycles. The fourth-order valence-electron chi connectivity index (χ4n) is 3.00. The van der Waals surface area contributed by atoms with Gasteiger partial charge in [0.25, 0.3) is 0 Å². The van der Waals surface area contributed by atoms with E-state index in [9.17, 15) is 4.79 Å². The highest BCUT2D eigenvalue weighted by atomic mass is 16.2. The molecule has 104 valence electrons. The van der Waals surface area contributed by atoms with Gasteiger partial charge in [0.1, 0.15) is 5.54 Å². The predicted molar refractivity (Wildman–Crippen MR) is 77.6 cm³/mol. The highest BCUT2D eigenvalue weighted by molar-refractivity contribution is 5.87. The summed E-state index contributed by atoms with van der Waals surface area (Å²) in [7, 11) is 0. The molecule has 19 heavy (non-hydrogen) atoms. The van der Waals surface area contributed by atoms with E-state index in [2.05, 4.69) is 13.8 Å². The van der Waals surface area contributed by atoms with Crippen molar-refractivity contribution in [1.29, 1.82) is 0 Å². The number of nitrogens with zero attached hydrogens (tertiary/aromatic N) is 1. The second-order valence-corrected chi connectivity index (χ2v) is 5.91. The van der Waals surface area contributed by atoms with Crippen molar-refractivity contribution in [3.63, 3.8) is 0 Å². The third kappa shape index (κ3) is 2.66. The molecule has 1 fully saturated rings. The normalized spacial score (nSPS) is 26.8. The lowest BCUT2D eigenvalue weighted by Gasteiger charge is -2.43. The maximum atomic E-state index is 12.8. The van der Waals surface area contributed by atoms with Crippen LogP contribution in [-0.4, -0.2) is 22.9 Å². The zero-order valence-electron chi connectivity index (χ0n) is 12.1. The number of likely N-dealkylation sites (tertiary alicyclic amines) is 1. The van der Waals surface area contributed by atoms with E-state index in [1.54, 1.807) is 0 Å². The average molecular weight is 260 g/mol. The Labute approximate surface area is 115 Å². The van der Waals surface area contributed by atoms with E-state index in [4.69, 9.17) is 5.73 Å². The molecule has 1 aliphatic heterocycles. The molecule has 0 aliphatic carbocycles. The number of hydrogen-bond acceptors (Lipinski definition) is 2. The molecule has 1 aromatic rings. The number of carbonyl (C=O) groups is 1. The zero-order valence-corrected chi connectivity index (χ0v) is 12.1. The molecule has 1 amide bonds. The summed E-state index contributed by atoms with van der Waals surface area (Å²) in [6, 6.07) is 10.2. The highest BCUT2D eigenvalue weighted by Crippen LogP contribution is 2.28. The molecule has 0 aromatic heterocycles. The van der Waals surface area contributed by atoms with Gasteiger partial charge in [0, 0.05) is 12.1 Å². The number of nitrogens with two attached hydrogens (primary N) is 1. The Hall–Kier alpha value is -1.35. The molecular weight excluding hydrogens is 236 g/mol. The number of carbonyl (C=O) groups excluding carboxylic acids is 1. The fraction of sp³-hybridized carbons (Fsp3) is 0.562. The van der Waals surface area contributed by atoms with Gasteiger partial charge in [-0.2, -0.15) is 0 Å². The lowest BCUT2D eigenvalue weighted by Crippen LogP contribution is -2.57. The van der Waals surface area contributed by atoms with Crippen molar-refractivity contribution in [1.82, 2.24) is 4.90 Å². The van der Waals surface area contributed by atoms with Gasteiger partial charge in [-0.15, -0.1) is 0 Å². The van der Waals surface area contributed by atoms with Crippen LogP contribution in [0.5, 0.6) is 0 Å². The molecule has 0 bridgehead atoms. The van der Waals surface area contributed by atoms with Gasteiger partial charge < -0.3 is 10.6 Å². The Balaban J connectivity index is 2.27. The highest BCUT2D eigenvalue weighted by Gasteiger charge is 2.39. The van der Waals surface area contributed by atoms with E-state index in [0.29, 0.717) is 0 Å². The Morgan fingerprint density at radius 2 is 1.74 bits per heavy atom. The number of rotatable bonds is 2. The summed E-state index contributed by atoms with van der Waals surface area (Å²) in [5.74, 6) is 0.0402. The maximum Gasteiger partial charge on any atom is 0.247 e. The molecule has 1 unspecified atom stereocenters. The Morgan fingerprint density at radius 3 is 2.26 bits per heavy atom. The zero-order chi connectivity index (χ0) is 14.0. The average Bonchev–Trinajstić information content (AvgIpc) is 2.39. The van der Waals surface area contributed by atoms with Gasteiger partial charge in [-0.25, -0.2) is 0 Å². The molecule has 0 spiro atoms. The largest absolute Gasteiger partial charge is 0.335 e. The first-order chi connectivity index (χ1) is 8.94. The van der Waals surface area contributed by atoms with Gasteiger partial charge in [-0.1, -0.05) is 30.3 Å². The lowest BCUT2D eigenvalue weighted by atomic mass is 9.88. The molecule has 1 heterocycles. The molecule has 3 atom stereocenters. The minimum Gasteiger partial charge on any atom is -0.335 e. The van der Waals surface area contributed by atoms with Crippen LogP contribution in [0, 0.1) is 0 Å². The van der Waals surface area contributed by atoms with Crippen LogP contribution >= 0.6 is 0 Å². The van der Waals surface area contributed by atoms with Crippen LogP contribution in [0.1, 0.15) is 45.6 Å². The van der Waals surface area contributed by atoms with Gasteiger partial charge >= 0.3 is 0 Å². The molecule has 2 N–H and O–H groups in total. The summed E-state index contributed by atoms with van der Waals surface area (Å²) in [5.41, 5.74) is 6.28. The Kier molecular flexibility index (Phi) is 3.95. The monoisotopic (exact) mass is 260 g/mol. The van der Waals surface area contributed by atoms with Crippen LogP contribution in [0.4, 0.5) is 0 Å². The van der Waals surface area contributed by atoms with Crippen LogP contribution in [0.2, 0.25) is 0 Å². The van der Waals surface area contributed by atoms with Crippen LogP contribution in [0.15, 0.2) is 30.3 Å². The van der Waals surface area contributed by atoms with Crippen molar-refractivity contribution in [3.8, 4) is 0 Å². The van der Waals surface area contributed by atoms with Crippen LogP contribution in [0.3, 0.4) is 0 Å². The smallest absolute Gasteiger partial charge is 0.247 e. The Bertz CT molecular complexity index is 431. The van der Waals surface area contributed by atoms with E-state index >= 15 is 0 Å². The molecule has 3 nitrogen and oxygen atoms in total. The summed E-state index contributed by atoms with van der Waals surface area (Å²) in [5, 5.41) is 0. The fourth-order valence-corrected chi connectivity index (χ4v) is 3.00. The molecule has 1 aliphatic rings. The van der Waals surface area contributed by atoms with Gasteiger partial charge in [0.2, 0.25) is 5.91 Å². The van der Waals surface area contributed by atoms with Crippen molar-refractivity contribution < 1.29 is 4.79 Å². The van der Waals surface area contributed by atoms with Crippen molar-refractivity contribution in [2.24, 2.45) is 5.73 Å². The minimum absolute atomic E-state index is 0.0402. The summed E-state index contributed by atoms with van der Waals surface area (Å²) in [4.78, 5) is 14.8. The topological polar surface area (TPSA) is 46.3 Å². The summed E-state index contributed by atoms with van der Waals surface area (Å²) in [6.45, 7) is 6.06. The van der Waals surface area contributed by atoms with Gasteiger partial charge in [-0.05, 0) is 45.6 Å². The van der Waals surface area contributed by atoms with E-state index < -0.39 is 5.54 Å². The molecule has 3 heteroatoms.